The number of piperazine rings is 1. The minimum atomic E-state index is -0.312. The summed E-state index contributed by atoms with van der Waals surface area (Å²) in [5.41, 5.74) is 3.53. The second-order valence-corrected chi connectivity index (χ2v) is 12.1. The molecule has 1 saturated heterocycles. The van der Waals surface area contributed by atoms with Crippen LogP contribution in [-0.4, -0.2) is 61.2 Å². The molecule has 6 heteroatoms. The highest BCUT2D eigenvalue weighted by atomic mass is 16.5. The van der Waals surface area contributed by atoms with E-state index in [2.05, 4.69) is 39.4 Å². The minimum absolute atomic E-state index is 0.312. The van der Waals surface area contributed by atoms with Crippen molar-refractivity contribution in [1.82, 2.24) is 9.80 Å². The normalized spacial score (nSPS) is 23.3. The fourth-order valence-electron chi connectivity index (χ4n) is 7.41. The molecule has 3 fully saturated rings. The van der Waals surface area contributed by atoms with E-state index in [1.54, 1.807) is 0 Å². The summed E-state index contributed by atoms with van der Waals surface area (Å²) in [5.74, 6) is 1.60. The van der Waals surface area contributed by atoms with E-state index >= 15 is 0 Å². The number of para-hydroxylation sites is 1. The van der Waals surface area contributed by atoms with Gasteiger partial charge in [0.25, 0.3) is 0 Å². The number of rotatable bonds is 8. The number of fused-ring (bicyclic) bond motifs is 1. The van der Waals surface area contributed by atoms with Crippen LogP contribution in [0, 0.1) is 6.92 Å². The number of hydrogen-bond donors (Lipinski definition) is 1. The lowest BCUT2D eigenvalue weighted by Gasteiger charge is -2.45. The Morgan fingerprint density at radius 2 is 1.55 bits per heavy atom. The molecule has 0 radical (unpaired) electrons. The average molecular weight is 544 g/mol. The van der Waals surface area contributed by atoms with Crippen LogP contribution in [0.15, 0.2) is 57.7 Å². The first-order chi connectivity index (χ1) is 19.6. The molecule has 2 heterocycles. The molecule has 214 valence electrons. The lowest BCUT2D eigenvalue weighted by atomic mass is 9.80. The molecule has 2 aromatic carbocycles. The first-order valence-electron chi connectivity index (χ1n) is 15.6. The summed E-state index contributed by atoms with van der Waals surface area (Å²) >= 11 is 0. The first-order valence-corrected chi connectivity index (χ1v) is 15.6. The Hall–Kier alpha value is -2.83. The van der Waals surface area contributed by atoms with Crippen LogP contribution >= 0.6 is 0 Å². The number of benzene rings is 2. The van der Waals surface area contributed by atoms with Gasteiger partial charge in [-0.1, -0.05) is 37.5 Å². The highest BCUT2D eigenvalue weighted by molar-refractivity contribution is 5.83. The molecule has 0 atom stereocenters. The van der Waals surface area contributed by atoms with Crippen LogP contribution in [0.2, 0.25) is 0 Å². The summed E-state index contributed by atoms with van der Waals surface area (Å²) < 4.78 is 11.7. The van der Waals surface area contributed by atoms with E-state index in [1.165, 1.54) is 95.6 Å². The van der Waals surface area contributed by atoms with Crippen LogP contribution in [0.3, 0.4) is 0 Å². The van der Waals surface area contributed by atoms with Gasteiger partial charge < -0.3 is 14.5 Å². The summed E-state index contributed by atoms with van der Waals surface area (Å²) in [6, 6.07) is 17.7. The van der Waals surface area contributed by atoms with Crippen LogP contribution < -0.4 is 15.7 Å². The van der Waals surface area contributed by atoms with Crippen LogP contribution in [0.1, 0.15) is 74.8 Å². The van der Waals surface area contributed by atoms with Gasteiger partial charge in [-0.15, -0.1) is 0 Å². The Bertz CT molecular complexity index is 1320. The highest BCUT2D eigenvalue weighted by Crippen LogP contribution is 2.39. The quantitative estimate of drug-likeness (QED) is 0.256. The molecule has 6 nitrogen and oxygen atoms in total. The van der Waals surface area contributed by atoms with E-state index in [0.29, 0.717) is 24.7 Å². The number of aryl methyl sites for hydroxylation is 1. The molecule has 3 aliphatic rings. The summed E-state index contributed by atoms with van der Waals surface area (Å²) in [6.45, 7) is 8.22. The smallest absolute Gasteiger partial charge is 0.336 e. The van der Waals surface area contributed by atoms with E-state index in [0.717, 1.165) is 34.5 Å². The molecular formula is C34H45N3O3. The van der Waals surface area contributed by atoms with Crippen molar-refractivity contribution in [2.45, 2.75) is 82.7 Å². The predicted molar refractivity (Wildman–Crippen MR) is 163 cm³/mol. The third kappa shape index (κ3) is 6.39. The van der Waals surface area contributed by atoms with Gasteiger partial charge in [0.2, 0.25) is 0 Å². The molecule has 2 saturated carbocycles. The standard InChI is InChI=1S/C34H45N3O3/c1-25-23-34(38)40-33-24-27(13-16-30(25)33)35-17-22-39-32-10-6-5-9-31(32)26-11-14-29(15-12-26)37-20-18-36(19-21-37)28-7-3-2-4-8-28/h5-6,9-10,13,16,23-24,26,28-29,35H,2-4,7-8,11-12,14-15,17-22H2,1H3. The Morgan fingerprint density at radius 1 is 0.850 bits per heavy atom. The molecule has 1 aliphatic heterocycles. The SMILES string of the molecule is Cc1cc(=O)oc2cc(NCCOc3ccccc3C3CCC(N4CCN(C5CCCCC5)CC4)CC3)ccc12. The number of hydrogen-bond acceptors (Lipinski definition) is 6. The van der Waals surface area contributed by atoms with E-state index in [-0.39, 0.29) is 5.63 Å². The molecule has 0 spiro atoms. The molecule has 0 bridgehead atoms. The van der Waals surface area contributed by atoms with Crippen molar-refractivity contribution in [1.29, 1.82) is 0 Å². The predicted octanol–water partition coefficient (Wildman–Crippen LogP) is 6.57. The molecule has 6 rings (SSSR count). The van der Waals surface area contributed by atoms with E-state index < -0.39 is 0 Å². The lowest BCUT2D eigenvalue weighted by molar-refractivity contribution is 0.0444. The number of anilines is 1. The van der Waals surface area contributed by atoms with Crippen molar-refractivity contribution in [3.05, 3.63) is 70.1 Å². The molecule has 2 aliphatic carbocycles. The van der Waals surface area contributed by atoms with Crippen molar-refractivity contribution in [2.75, 3.05) is 44.6 Å². The summed E-state index contributed by atoms with van der Waals surface area (Å²) in [4.78, 5) is 17.3. The third-order valence-corrected chi connectivity index (χ3v) is 9.65. The second kappa shape index (κ2) is 12.8. The van der Waals surface area contributed by atoms with Crippen LogP contribution in [0.25, 0.3) is 11.0 Å². The van der Waals surface area contributed by atoms with Crippen LogP contribution in [0.4, 0.5) is 5.69 Å². The van der Waals surface area contributed by atoms with Crippen molar-refractivity contribution < 1.29 is 9.15 Å². The maximum Gasteiger partial charge on any atom is 0.336 e. The fourth-order valence-corrected chi connectivity index (χ4v) is 7.41. The first kappa shape index (κ1) is 27.3. The van der Waals surface area contributed by atoms with Gasteiger partial charge >= 0.3 is 5.63 Å². The zero-order valence-corrected chi connectivity index (χ0v) is 24.1. The van der Waals surface area contributed by atoms with Gasteiger partial charge in [-0.2, -0.15) is 0 Å². The number of nitrogens with one attached hydrogen (secondary N) is 1. The molecular weight excluding hydrogens is 498 g/mol. The molecule has 3 aromatic rings. The monoisotopic (exact) mass is 543 g/mol. The van der Waals surface area contributed by atoms with Crippen molar-refractivity contribution in [3.8, 4) is 5.75 Å². The zero-order chi connectivity index (χ0) is 27.3. The summed E-state index contributed by atoms with van der Waals surface area (Å²) in [5, 5.41) is 4.38. The van der Waals surface area contributed by atoms with E-state index in [4.69, 9.17) is 9.15 Å². The molecule has 1 N–H and O–H groups in total. The fraction of sp³-hybridized carbons (Fsp3) is 0.559. The lowest BCUT2D eigenvalue weighted by Crippen LogP contribution is -2.53. The van der Waals surface area contributed by atoms with Crippen molar-refractivity contribution in [2.24, 2.45) is 0 Å². The van der Waals surface area contributed by atoms with Gasteiger partial charge in [0, 0.05) is 68.0 Å². The van der Waals surface area contributed by atoms with Gasteiger partial charge in [0.15, 0.2) is 0 Å². The Kier molecular flexibility index (Phi) is 8.74. The van der Waals surface area contributed by atoms with E-state index in [9.17, 15) is 4.79 Å². The Morgan fingerprint density at radius 3 is 2.30 bits per heavy atom. The molecule has 0 unspecified atom stereocenters. The zero-order valence-electron chi connectivity index (χ0n) is 24.1. The molecule has 0 amide bonds. The topological polar surface area (TPSA) is 58.0 Å². The minimum Gasteiger partial charge on any atom is -0.491 e. The summed E-state index contributed by atoms with van der Waals surface area (Å²) in [7, 11) is 0. The van der Waals surface area contributed by atoms with E-state index in [1.807, 2.05) is 25.1 Å². The average Bonchev–Trinajstić information content (AvgIpc) is 3.00. The number of ether oxygens (including phenoxy) is 1. The molecule has 40 heavy (non-hydrogen) atoms. The third-order valence-electron chi connectivity index (χ3n) is 9.65. The maximum atomic E-state index is 11.7. The van der Waals surface area contributed by atoms with Gasteiger partial charge in [0.1, 0.15) is 17.9 Å². The van der Waals surface area contributed by atoms with Crippen LogP contribution in [-0.2, 0) is 0 Å². The van der Waals surface area contributed by atoms with Gasteiger partial charge in [-0.3, -0.25) is 9.80 Å². The number of nitrogens with zero attached hydrogens (tertiary/aromatic N) is 2. The Balaban J connectivity index is 0.975. The van der Waals surface area contributed by atoms with Gasteiger partial charge in [-0.25, -0.2) is 4.79 Å². The van der Waals surface area contributed by atoms with Crippen LogP contribution in [0.5, 0.6) is 5.75 Å². The Labute approximate surface area is 238 Å². The highest BCUT2D eigenvalue weighted by Gasteiger charge is 2.31. The van der Waals surface area contributed by atoms with Gasteiger partial charge in [0.05, 0.1) is 0 Å². The largest absolute Gasteiger partial charge is 0.491 e. The molecule has 1 aromatic heterocycles. The maximum absolute atomic E-state index is 11.7. The van der Waals surface area contributed by atoms with Gasteiger partial charge in [-0.05, 0) is 80.7 Å². The van der Waals surface area contributed by atoms with Crippen molar-refractivity contribution >= 4 is 16.7 Å². The summed E-state index contributed by atoms with van der Waals surface area (Å²) in [6.07, 6.45) is 12.2. The second-order valence-electron chi connectivity index (χ2n) is 12.1. The van der Waals surface area contributed by atoms with Crippen molar-refractivity contribution in [3.63, 3.8) is 0 Å².